The Morgan fingerprint density at radius 1 is 1.29 bits per heavy atom. The van der Waals surface area contributed by atoms with E-state index in [0.717, 1.165) is 6.08 Å². The zero-order valence-corrected chi connectivity index (χ0v) is 10.9. The molecule has 0 atom stereocenters. The van der Waals surface area contributed by atoms with Gasteiger partial charge in [0.25, 0.3) is 10.1 Å². The van der Waals surface area contributed by atoms with Crippen LogP contribution in [0.3, 0.4) is 0 Å². The summed E-state index contributed by atoms with van der Waals surface area (Å²) < 4.78 is 27.6. The molecule has 0 bridgehead atoms. The fourth-order valence-corrected chi connectivity index (χ4v) is 0.592. The van der Waals surface area contributed by atoms with Gasteiger partial charge in [0.2, 0.25) is 0 Å². The van der Waals surface area contributed by atoms with Crippen LogP contribution in [0.1, 0.15) is 1.43 Å². The van der Waals surface area contributed by atoms with Crippen molar-refractivity contribution in [1.29, 1.82) is 0 Å². The Kier molecular flexibility index (Phi) is 17.9. The molecule has 0 amide bonds. The summed E-state index contributed by atoms with van der Waals surface area (Å²) in [6.07, 6.45) is 3.74. The van der Waals surface area contributed by atoms with Crippen molar-refractivity contribution in [3.05, 3.63) is 38.3 Å². The molecule has 0 spiro atoms. The molecule has 0 aromatic carbocycles. The minimum Gasteiger partial charge on any atom is -1.00 e. The fourth-order valence-electron chi connectivity index (χ4n) is 0.243. The van der Waals surface area contributed by atoms with Gasteiger partial charge in [-0.2, -0.15) is 8.42 Å². The van der Waals surface area contributed by atoms with E-state index in [1.54, 1.807) is 0 Å². The topological polar surface area (TPSA) is 72.8 Å². The zero-order chi connectivity index (χ0) is 10.7. The summed E-state index contributed by atoms with van der Waals surface area (Å²) in [5.41, 5.74) is 0. The number of hydrogen-bond acceptors (Lipinski definition) is 5. The predicted molar refractivity (Wildman–Crippen MR) is 50.3 cm³/mol. The summed E-state index contributed by atoms with van der Waals surface area (Å²) in [7, 11) is -3.73. The van der Waals surface area contributed by atoms with Gasteiger partial charge in [0.1, 0.15) is 0 Å². The molecular weight excluding hydrogens is 219 g/mol. The van der Waals surface area contributed by atoms with Gasteiger partial charge in [0, 0.05) is 0 Å². The van der Waals surface area contributed by atoms with Crippen molar-refractivity contribution in [2.24, 2.45) is 0 Å². The third-order valence-electron chi connectivity index (χ3n) is 0.628. The van der Waals surface area contributed by atoms with Crippen LogP contribution in [-0.4, -0.2) is 19.4 Å². The molecule has 0 saturated heterocycles. The Morgan fingerprint density at radius 3 is 1.79 bits per heavy atom. The van der Waals surface area contributed by atoms with Crippen molar-refractivity contribution in [3.63, 3.8) is 0 Å². The molecule has 0 aliphatic rings. The van der Waals surface area contributed by atoms with Gasteiger partial charge in [-0.05, 0) is 0 Å². The average Bonchev–Trinajstić information content (AvgIpc) is 2.07. The van der Waals surface area contributed by atoms with Crippen molar-refractivity contribution in [2.45, 2.75) is 0 Å². The van der Waals surface area contributed by atoms with E-state index in [1.807, 2.05) is 0 Å². The fraction of sp³-hybridized carbons (Fsp3) is 0.143. The summed E-state index contributed by atoms with van der Waals surface area (Å²) in [6.45, 7) is 9.64. The summed E-state index contributed by atoms with van der Waals surface area (Å²) >= 11 is 0. The van der Waals surface area contributed by atoms with E-state index in [1.165, 1.54) is 12.5 Å². The standard InChI is InChI=1S/C4H6O.C3H6O4S.Na.H/c1-3-5-4-2;1-2-3-8(5,6)7-4;;/h3-4H,1-2H2;2,4H,1,3H2;;/q;;+1;-1. The predicted octanol–water partition coefficient (Wildman–Crippen LogP) is -1.60. The van der Waals surface area contributed by atoms with Crippen LogP contribution >= 0.6 is 0 Å². The Morgan fingerprint density at radius 2 is 1.71 bits per heavy atom. The summed E-state index contributed by atoms with van der Waals surface area (Å²) in [4.78, 5) is 0. The molecule has 5 nitrogen and oxygen atoms in total. The Hall–Kier alpha value is -0.110. The van der Waals surface area contributed by atoms with Gasteiger partial charge in [-0.25, -0.2) is 5.26 Å². The maximum atomic E-state index is 10.1. The second-order valence-electron chi connectivity index (χ2n) is 1.56. The van der Waals surface area contributed by atoms with Crippen LogP contribution in [0, 0.1) is 0 Å². The van der Waals surface area contributed by atoms with Gasteiger partial charge in [-0.1, -0.05) is 19.2 Å². The number of hydrogen-bond donors (Lipinski definition) is 1. The van der Waals surface area contributed by atoms with E-state index in [2.05, 4.69) is 28.8 Å². The van der Waals surface area contributed by atoms with Crippen LogP contribution in [0.2, 0.25) is 0 Å². The largest absolute Gasteiger partial charge is 1.00 e. The van der Waals surface area contributed by atoms with Gasteiger partial charge in [0.05, 0.1) is 18.3 Å². The summed E-state index contributed by atoms with van der Waals surface area (Å²) in [5.74, 6) is -0.372. The molecule has 7 heteroatoms. The minimum atomic E-state index is -3.73. The SMILES string of the molecule is C=CCS(=O)(=O)OO.C=COC=C.[H-].[Na+]. The van der Waals surface area contributed by atoms with E-state index in [4.69, 9.17) is 5.26 Å². The first-order chi connectivity index (χ1) is 6.04. The van der Waals surface area contributed by atoms with Crippen LogP contribution in [-0.2, 0) is 19.2 Å². The average molecular weight is 232 g/mol. The molecule has 0 saturated carbocycles. The van der Waals surface area contributed by atoms with Gasteiger partial charge < -0.3 is 6.16 Å². The van der Waals surface area contributed by atoms with Gasteiger partial charge >= 0.3 is 29.6 Å². The van der Waals surface area contributed by atoms with Crippen molar-refractivity contribution < 1.29 is 53.7 Å². The van der Waals surface area contributed by atoms with Crippen molar-refractivity contribution in [2.75, 3.05) is 5.75 Å². The molecule has 0 aromatic rings. The van der Waals surface area contributed by atoms with E-state index < -0.39 is 10.1 Å². The second-order valence-corrected chi connectivity index (χ2v) is 3.15. The van der Waals surface area contributed by atoms with E-state index in [0.29, 0.717) is 0 Å². The first kappa shape index (κ1) is 19.5. The molecule has 0 aliphatic carbocycles. The molecule has 0 aromatic heterocycles. The normalized spacial score (nSPS) is 8.36. The van der Waals surface area contributed by atoms with E-state index in [9.17, 15) is 8.42 Å². The van der Waals surface area contributed by atoms with Crippen LogP contribution in [0.25, 0.3) is 0 Å². The zero-order valence-electron chi connectivity index (χ0n) is 9.05. The van der Waals surface area contributed by atoms with Gasteiger partial charge in [0.15, 0.2) is 0 Å². The van der Waals surface area contributed by atoms with Crippen LogP contribution in [0.15, 0.2) is 38.3 Å². The van der Waals surface area contributed by atoms with Crippen LogP contribution in [0.4, 0.5) is 0 Å². The Bertz CT molecular complexity index is 246. The third-order valence-corrected chi connectivity index (χ3v) is 1.50. The molecule has 14 heavy (non-hydrogen) atoms. The maximum Gasteiger partial charge on any atom is 1.00 e. The van der Waals surface area contributed by atoms with Gasteiger partial charge in [-0.3, -0.25) is 0 Å². The molecular formula is C7H13NaO5S. The molecule has 0 unspecified atom stereocenters. The Balaban J connectivity index is -0.0000000770. The molecule has 0 aliphatic heterocycles. The minimum absolute atomic E-state index is 0. The Labute approximate surface area is 108 Å². The van der Waals surface area contributed by atoms with E-state index >= 15 is 0 Å². The first-order valence-corrected chi connectivity index (χ1v) is 4.65. The number of ether oxygens (including phenoxy) is 1. The van der Waals surface area contributed by atoms with Crippen molar-refractivity contribution >= 4 is 10.1 Å². The molecule has 78 valence electrons. The van der Waals surface area contributed by atoms with Crippen molar-refractivity contribution in [3.8, 4) is 0 Å². The monoisotopic (exact) mass is 232 g/mol. The molecule has 1 N–H and O–H groups in total. The first-order valence-electron chi connectivity index (χ1n) is 3.08. The molecule has 0 fully saturated rings. The van der Waals surface area contributed by atoms with Crippen LogP contribution in [0.5, 0.6) is 0 Å². The molecule has 0 radical (unpaired) electrons. The van der Waals surface area contributed by atoms with E-state index in [-0.39, 0.29) is 36.7 Å². The van der Waals surface area contributed by atoms with Gasteiger partial charge in [-0.15, -0.1) is 10.9 Å². The number of rotatable bonds is 5. The summed E-state index contributed by atoms with van der Waals surface area (Å²) in [6, 6.07) is 0. The smallest absolute Gasteiger partial charge is 1.00 e. The third kappa shape index (κ3) is 17.8. The van der Waals surface area contributed by atoms with Crippen molar-refractivity contribution in [1.82, 2.24) is 0 Å². The van der Waals surface area contributed by atoms with Crippen LogP contribution < -0.4 is 29.6 Å². The molecule has 0 heterocycles. The maximum absolute atomic E-state index is 10.1. The molecule has 0 rings (SSSR count). The summed E-state index contributed by atoms with van der Waals surface area (Å²) in [5, 5.41) is 7.59. The second kappa shape index (κ2) is 12.9. The quantitative estimate of drug-likeness (QED) is 0.203.